The zero-order chi connectivity index (χ0) is 5.78. The molecule has 2 fully saturated rings. The van der Waals surface area contributed by atoms with E-state index in [0.29, 0.717) is 12.1 Å². The van der Waals surface area contributed by atoms with E-state index in [1.165, 1.54) is 6.42 Å². The van der Waals surface area contributed by atoms with Crippen molar-refractivity contribution in [1.29, 1.82) is 0 Å². The Morgan fingerprint density at radius 1 is 1.75 bits per heavy atom. The molecule has 46 valence electrons. The maximum Gasteiger partial charge on any atom is 0.107 e. The van der Waals surface area contributed by atoms with E-state index in [0.717, 1.165) is 0 Å². The first-order valence-corrected chi connectivity index (χ1v) is 3.12. The van der Waals surface area contributed by atoms with Crippen molar-refractivity contribution in [2.75, 3.05) is 7.05 Å². The average Bonchev–Trinajstić information content (AvgIpc) is 2.21. The lowest BCUT2D eigenvalue weighted by atomic mass is 9.81. The summed E-state index contributed by atoms with van der Waals surface area (Å²) in [6.07, 6.45) is 1.81. The van der Waals surface area contributed by atoms with Gasteiger partial charge in [-0.2, -0.15) is 0 Å². The highest BCUT2D eigenvalue weighted by Crippen LogP contribution is 2.52. The Morgan fingerprint density at radius 2 is 2.50 bits per heavy atom. The second-order valence-electron chi connectivity index (χ2n) is 2.87. The summed E-state index contributed by atoms with van der Waals surface area (Å²) in [7, 11) is 1.99. The van der Waals surface area contributed by atoms with Crippen LogP contribution < -0.4 is 5.32 Å². The number of nitrogens with one attached hydrogen (secondary N) is 1. The van der Waals surface area contributed by atoms with Crippen LogP contribution >= 0.6 is 0 Å². The van der Waals surface area contributed by atoms with Crippen molar-refractivity contribution >= 4 is 0 Å². The smallest absolute Gasteiger partial charge is 0.107 e. The van der Waals surface area contributed by atoms with E-state index in [9.17, 15) is 0 Å². The number of hydrogen-bond donors (Lipinski definition) is 1. The van der Waals surface area contributed by atoms with Crippen molar-refractivity contribution in [3.05, 3.63) is 0 Å². The van der Waals surface area contributed by atoms with Crippen LogP contribution in [0.25, 0.3) is 0 Å². The summed E-state index contributed by atoms with van der Waals surface area (Å²) in [5.74, 6) is 0. The van der Waals surface area contributed by atoms with Crippen LogP contribution in [0.15, 0.2) is 0 Å². The van der Waals surface area contributed by atoms with E-state index < -0.39 is 0 Å². The summed E-state index contributed by atoms with van der Waals surface area (Å²) in [6, 6.07) is 0.632. The molecule has 1 heterocycles. The number of fused-ring (bicyclic) bond motifs is 1. The summed E-state index contributed by atoms with van der Waals surface area (Å²) in [4.78, 5) is 0. The Hall–Kier alpha value is -0.0800. The normalized spacial score (nSPS) is 59.2. The minimum Gasteiger partial charge on any atom is -0.365 e. The molecule has 0 aromatic carbocycles. The fourth-order valence-corrected chi connectivity index (χ4v) is 1.55. The predicted octanol–water partition coefficient (Wildman–Crippen LogP) is 0.136. The molecule has 1 N–H and O–H groups in total. The van der Waals surface area contributed by atoms with Gasteiger partial charge >= 0.3 is 0 Å². The lowest BCUT2D eigenvalue weighted by Crippen LogP contribution is -2.48. The van der Waals surface area contributed by atoms with Gasteiger partial charge in [0, 0.05) is 6.04 Å². The molecule has 3 unspecified atom stereocenters. The van der Waals surface area contributed by atoms with Gasteiger partial charge in [0.25, 0.3) is 0 Å². The van der Waals surface area contributed by atoms with Crippen LogP contribution in [0.1, 0.15) is 13.3 Å². The average molecular weight is 113 g/mol. The van der Waals surface area contributed by atoms with E-state index in [1.54, 1.807) is 0 Å². The zero-order valence-corrected chi connectivity index (χ0v) is 5.27. The van der Waals surface area contributed by atoms with Crippen molar-refractivity contribution in [1.82, 2.24) is 5.32 Å². The van der Waals surface area contributed by atoms with E-state index in [4.69, 9.17) is 4.74 Å². The third-order valence-electron chi connectivity index (χ3n) is 2.47. The largest absolute Gasteiger partial charge is 0.365 e. The van der Waals surface area contributed by atoms with E-state index in [2.05, 4.69) is 12.2 Å². The van der Waals surface area contributed by atoms with Crippen molar-refractivity contribution in [2.24, 2.45) is 0 Å². The highest BCUT2D eigenvalue weighted by molar-refractivity contribution is 5.18. The predicted molar refractivity (Wildman–Crippen MR) is 30.7 cm³/mol. The third kappa shape index (κ3) is 0.327. The van der Waals surface area contributed by atoms with Crippen LogP contribution in [-0.2, 0) is 4.74 Å². The maximum absolute atomic E-state index is 5.36. The molecule has 2 nitrogen and oxygen atoms in total. The molecule has 0 amide bonds. The number of ether oxygens (including phenoxy) is 1. The summed E-state index contributed by atoms with van der Waals surface area (Å²) in [6.45, 7) is 2.17. The van der Waals surface area contributed by atoms with Gasteiger partial charge in [-0.25, -0.2) is 0 Å². The number of hydrogen-bond acceptors (Lipinski definition) is 2. The summed E-state index contributed by atoms with van der Waals surface area (Å²) >= 11 is 0. The Labute approximate surface area is 49.2 Å². The maximum atomic E-state index is 5.36. The standard InChI is InChI=1S/C6H11NO/c1-6-4(7-2)3-5(6)8-6/h4-5,7H,3H2,1-2H3. The van der Waals surface area contributed by atoms with Crippen molar-refractivity contribution in [3.63, 3.8) is 0 Å². The zero-order valence-electron chi connectivity index (χ0n) is 5.27. The number of epoxide rings is 1. The topological polar surface area (TPSA) is 24.6 Å². The molecule has 1 saturated heterocycles. The van der Waals surface area contributed by atoms with Gasteiger partial charge in [0.2, 0.25) is 0 Å². The molecule has 2 heteroatoms. The summed E-state index contributed by atoms with van der Waals surface area (Å²) in [5, 5.41) is 3.21. The molecule has 0 bridgehead atoms. The fraction of sp³-hybridized carbons (Fsp3) is 1.00. The van der Waals surface area contributed by atoms with Gasteiger partial charge in [0.05, 0.1) is 6.10 Å². The van der Waals surface area contributed by atoms with Gasteiger partial charge in [-0.3, -0.25) is 0 Å². The van der Waals surface area contributed by atoms with Crippen LogP contribution in [0.2, 0.25) is 0 Å². The van der Waals surface area contributed by atoms with E-state index in [1.807, 2.05) is 7.05 Å². The van der Waals surface area contributed by atoms with E-state index in [-0.39, 0.29) is 5.60 Å². The first-order chi connectivity index (χ1) is 3.77. The second kappa shape index (κ2) is 1.09. The Kier molecular flexibility index (Phi) is 0.649. The third-order valence-corrected chi connectivity index (χ3v) is 2.47. The Balaban J connectivity index is 2.03. The highest BCUT2D eigenvalue weighted by Gasteiger charge is 2.66. The lowest BCUT2D eigenvalue weighted by Gasteiger charge is -2.27. The molecule has 3 atom stereocenters. The summed E-state index contributed by atoms with van der Waals surface area (Å²) in [5.41, 5.74) is 0.245. The quantitative estimate of drug-likeness (QED) is 0.489. The highest BCUT2D eigenvalue weighted by atomic mass is 16.6. The monoisotopic (exact) mass is 113 g/mol. The molecule has 1 aliphatic carbocycles. The van der Waals surface area contributed by atoms with Gasteiger partial charge in [-0.05, 0) is 20.4 Å². The van der Waals surface area contributed by atoms with Crippen molar-refractivity contribution < 1.29 is 4.74 Å². The minimum absolute atomic E-state index is 0.245. The molecule has 0 radical (unpaired) electrons. The molecule has 0 aromatic heterocycles. The summed E-state index contributed by atoms with van der Waals surface area (Å²) < 4.78 is 5.36. The molecule has 0 spiro atoms. The SMILES string of the molecule is CNC1CC2OC12C. The van der Waals surface area contributed by atoms with Gasteiger partial charge < -0.3 is 10.1 Å². The van der Waals surface area contributed by atoms with Gasteiger partial charge in [0.1, 0.15) is 5.60 Å². The molecule has 1 saturated carbocycles. The van der Waals surface area contributed by atoms with Crippen LogP contribution in [0.3, 0.4) is 0 Å². The first kappa shape index (κ1) is 4.77. The molecule has 2 rings (SSSR count). The first-order valence-electron chi connectivity index (χ1n) is 3.12. The minimum atomic E-state index is 0.245. The van der Waals surface area contributed by atoms with Gasteiger partial charge in [0.15, 0.2) is 0 Å². The van der Waals surface area contributed by atoms with Crippen LogP contribution in [0.4, 0.5) is 0 Å². The molecular weight excluding hydrogens is 102 g/mol. The van der Waals surface area contributed by atoms with Crippen LogP contribution in [0, 0.1) is 0 Å². The van der Waals surface area contributed by atoms with Gasteiger partial charge in [-0.1, -0.05) is 0 Å². The molecule has 1 aliphatic heterocycles. The molecule has 0 aromatic rings. The molecule has 8 heavy (non-hydrogen) atoms. The lowest BCUT2D eigenvalue weighted by molar-refractivity contribution is 0.279. The van der Waals surface area contributed by atoms with Crippen LogP contribution in [0.5, 0.6) is 0 Å². The molecular formula is C6H11NO. The second-order valence-corrected chi connectivity index (χ2v) is 2.87. The van der Waals surface area contributed by atoms with E-state index >= 15 is 0 Å². The van der Waals surface area contributed by atoms with Gasteiger partial charge in [-0.15, -0.1) is 0 Å². The fourth-order valence-electron chi connectivity index (χ4n) is 1.55. The molecule has 2 aliphatic rings. The Morgan fingerprint density at radius 3 is 2.62 bits per heavy atom. The number of rotatable bonds is 1. The Bertz CT molecular complexity index is 126. The number of likely N-dealkylation sites (N-methyl/N-ethyl adjacent to an activating group) is 1. The van der Waals surface area contributed by atoms with Crippen LogP contribution in [-0.4, -0.2) is 24.8 Å². The van der Waals surface area contributed by atoms with Crippen molar-refractivity contribution in [3.8, 4) is 0 Å². The van der Waals surface area contributed by atoms with Crippen molar-refractivity contribution in [2.45, 2.75) is 31.1 Å².